The Morgan fingerprint density at radius 1 is 0.952 bits per heavy atom. The lowest BCUT2D eigenvalue weighted by molar-refractivity contribution is 0.174. The Morgan fingerprint density at radius 2 is 1.62 bits per heavy atom. The highest BCUT2D eigenvalue weighted by molar-refractivity contribution is 7.90. The second-order valence-corrected chi connectivity index (χ2v) is 9.67. The van der Waals surface area contributed by atoms with Crippen molar-refractivity contribution in [1.29, 1.82) is 0 Å². The summed E-state index contributed by atoms with van der Waals surface area (Å²) < 4.78 is 26.2. The van der Waals surface area contributed by atoms with Gasteiger partial charge in [-0.05, 0) is 43.9 Å². The molecule has 21 heavy (non-hydrogen) atoms. The van der Waals surface area contributed by atoms with Crippen LogP contribution < -0.4 is 5.32 Å². The summed E-state index contributed by atoms with van der Waals surface area (Å²) in [6, 6.07) is 1.14. The molecule has 0 aromatic rings. The van der Waals surface area contributed by atoms with E-state index >= 15 is 0 Å². The van der Waals surface area contributed by atoms with Crippen molar-refractivity contribution in [3.63, 3.8) is 0 Å². The van der Waals surface area contributed by atoms with Crippen LogP contribution in [0.5, 0.6) is 0 Å². The second-order valence-electron chi connectivity index (χ2n) is 7.46. The third-order valence-corrected chi connectivity index (χ3v) is 8.31. The van der Waals surface area contributed by atoms with Gasteiger partial charge in [-0.1, -0.05) is 26.7 Å². The van der Waals surface area contributed by atoms with E-state index in [1.807, 2.05) is 0 Å². The highest BCUT2D eigenvalue weighted by Gasteiger charge is 2.41. The van der Waals surface area contributed by atoms with Crippen LogP contribution in [-0.2, 0) is 10.0 Å². The van der Waals surface area contributed by atoms with Crippen molar-refractivity contribution in [2.45, 2.75) is 76.1 Å². The van der Waals surface area contributed by atoms with Gasteiger partial charge < -0.3 is 5.32 Å². The number of hydrogen-bond acceptors (Lipinski definition) is 3. The first-order valence-electron chi connectivity index (χ1n) is 8.73. The highest BCUT2D eigenvalue weighted by Crippen LogP contribution is 2.33. The van der Waals surface area contributed by atoms with Gasteiger partial charge in [-0.2, -0.15) is 0 Å². The molecular weight excluding hydrogens is 284 g/mol. The zero-order chi connectivity index (χ0) is 15.0. The minimum Gasteiger partial charge on any atom is -0.311 e. The monoisotopic (exact) mass is 314 g/mol. The van der Waals surface area contributed by atoms with Crippen LogP contribution in [0, 0.1) is 11.8 Å². The maximum Gasteiger partial charge on any atom is 0.216 e. The lowest BCUT2D eigenvalue weighted by atomic mass is 9.77. The SMILES string of the molecule is C[C@@H]1[C@H](C)CCC[C@@H]1NC1CCN(S(=O)(=O)C2CC2)CC1. The predicted octanol–water partition coefficient (Wildman–Crippen LogP) is 2.36. The van der Waals surface area contributed by atoms with Crippen LogP contribution in [0.3, 0.4) is 0 Å². The van der Waals surface area contributed by atoms with Crippen LogP contribution >= 0.6 is 0 Å². The summed E-state index contributed by atoms with van der Waals surface area (Å²) in [5.74, 6) is 1.55. The summed E-state index contributed by atoms with van der Waals surface area (Å²) in [4.78, 5) is 0. The van der Waals surface area contributed by atoms with E-state index in [0.29, 0.717) is 25.2 Å². The third-order valence-electron chi connectivity index (χ3n) is 5.92. The molecule has 3 aliphatic rings. The minimum absolute atomic E-state index is 0.0544. The molecule has 0 aromatic heterocycles. The van der Waals surface area contributed by atoms with E-state index in [2.05, 4.69) is 19.2 Å². The van der Waals surface area contributed by atoms with Crippen LogP contribution in [0.2, 0.25) is 0 Å². The number of nitrogens with zero attached hydrogens (tertiary/aromatic N) is 1. The van der Waals surface area contributed by atoms with Crippen LogP contribution in [0.25, 0.3) is 0 Å². The van der Waals surface area contributed by atoms with Gasteiger partial charge in [0.1, 0.15) is 0 Å². The number of rotatable bonds is 4. The van der Waals surface area contributed by atoms with E-state index in [0.717, 1.165) is 37.5 Å². The molecule has 3 rings (SSSR count). The number of sulfonamides is 1. The van der Waals surface area contributed by atoms with Gasteiger partial charge in [-0.15, -0.1) is 0 Å². The molecule has 0 unspecified atom stereocenters. The fourth-order valence-corrected chi connectivity index (χ4v) is 5.85. The van der Waals surface area contributed by atoms with E-state index in [9.17, 15) is 8.42 Å². The van der Waals surface area contributed by atoms with Crippen LogP contribution in [0.15, 0.2) is 0 Å². The Balaban J connectivity index is 1.49. The van der Waals surface area contributed by atoms with Crippen molar-refractivity contribution in [2.75, 3.05) is 13.1 Å². The van der Waals surface area contributed by atoms with Gasteiger partial charge in [0.25, 0.3) is 0 Å². The zero-order valence-electron chi connectivity index (χ0n) is 13.4. The van der Waals surface area contributed by atoms with Crippen molar-refractivity contribution < 1.29 is 8.42 Å². The fraction of sp³-hybridized carbons (Fsp3) is 1.00. The molecule has 1 N–H and O–H groups in total. The van der Waals surface area contributed by atoms with E-state index in [-0.39, 0.29) is 5.25 Å². The van der Waals surface area contributed by atoms with Gasteiger partial charge in [0.15, 0.2) is 0 Å². The Labute approximate surface area is 129 Å². The first-order valence-corrected chi connectivity index (χ1v) is 10.2. The van der Waals surface area contributed by atoms with Crippen molar-refractivity contribution in [3.8, 4) is 0 Å². The normalized spacial score (nSPS) is 36.8. The van der Waals surface area contributed by atoms with Crippen LogP contribution in [0.1, 0.15) is 58.8 Å². The van der Waals surface area contributed by atoms with E-state index < -0.39 is 10.0 Å². The Kier molecular flexibility index (Phi) is 4.63. The topological polar surface area (TPSA) is 49.4 Å². The summed E-state index contributed by atoms with van der Waals surface area (Å²) >= 11 is 0. The summed E-state index contributed by atoms with van der Waals surface area (Å²) in [5.41, 5.74) is 0. The fourth-order valence-electron chi connectivity index (χ4n) is 3.97. The molecule has 0 aromatic carbocycles. The molecule has 5 heteroatoms. The molecule has 3 fully saturated rings. The lowest BCUT2D eigenvalue weighted by Gasteiger charge is -2.39. The van der Waals surface area contributed by atoms with E-state index in [4.69, 9.17) is 0 Å². The maximum atomic E-state index is 12.2. The standard InChI is InChI=1S/C16H30N2O2S/c1-12-4-3-5-16(13(12)2)17-14-8-10-18(11-9-14)21(19,20)15-6-7-15/h12-17H,3-11H2,1-2H3/t12-,13-,16+/m1/s1. The average Bonchev–Trinajstić information content (AvgIpc) is 3.29. The quantitative estimate of drug-likeness (QED) is 0.866. The largest absolute Gasteiger partial charge is 0.311 e. The molecule has 1 saturated heterocycles. The second kappa shape index (κ2) is 6.17. The molecule has 3 atom stereocenters. The highest BCUT2D eigenvalue weighted by atomic mass is 32.2. The molecule has 1 aliphatic heterocycles. The Hall–Kier alpha value is -0.130. The van der Waals surface area contributed by atoms with Crippen molar-refractivity contribution in [1.82, 2.24) is 9.62 Å². The molecule has 2 aliphatic carbocycles. The summed E-state index contributed by atoms with van der Waals surface area (Å²) in [6.07, 6.45) is 7.67. The average molecular weight is 314 g/mol. The van der Waals surface area contributed by atoms with Crippen molar-refractivity contribution >= 4 is 10.0 Å². The number of piperidine rings is 1. The van der Waals surface area contributed by atoms with Gasteiger partial charge >= 0.3 is 0 Å². The molecule has 0 radical (unpaired) electrons. The maximum absolute atomic E-state index is 12.2. The van der Waals surface area contributed by atoms with E-state index in [1.165, 1.54) is 19.3 Å². The van der Waals surface area contributed by atoms with Crippen molar-refractivity contribution in [3.05, 3.63) is 0 Å². The molecule has 0 spiro atoms. The Bertz CT molecular complexity index is 453. The van der Waals surface area contributed by atoms with E-state index in [1.54, 1.807) is 4.31 Å². The van der Waals surface area contributed by atoms with Crippen LogP contribution in [0.4, 0.5) is 0 Å². The number of hydrogen-bond donors (Lipinski definition) is 1. The minimum atomic E-state index is -2.96. The summed E-state index contributed by atoms with van der Waals surface area (Å²) in [6.45, 7) is 6.16. The number of nitrogens with one attached hydrogen (secondary N) is 1. The Morgan fingerprint density at radius 3 is 2.24 bits per heavy atom. The summed E-state index contributed by atoms with van der Waals surface area (Å²) in [7, 11) is -2.96. The lowest BCUT2D eigenvalue weighted by Crippen LogP contribution is -2.51. The molecule has 122 valence electrons. The zero-order valence-corrected chi connectivity index (χ0v) is 14.2. The molecular formula is C16H30N2O2S. The first kappa shape index (κ1) is 15.8. The van der Waals surface area contributed by atoms with Crippen molar-refractivity contribution in [2.24, 2.45) is 11.8 Å². The van der Waals surface area contributed by atoms with Gasteiger partial charge in [0.2, 0.25) is 10.0 Å². The third kappa shape index (κ3) is 3.45. The first-order chi connectivity index (χ1) is 9.98. The van der Waals surface area contributed by atoms with Gasteiger partial charge in [-0.3, -0.25) is 0 Å². The summed E-state index contributed by atoms with van der Waals surface area (Å²) in [5, 5.41) is 3.78. The smallest absolute Gasteiger partial charge is 0.216 e. The molecule has 1 heterocycles. The molecule has 2 saturated carbocycles. The van der Waals surface area contributed by atoms with Crippen LogP contribution in [-0.4, -0.2) is 43.1 Å². The van der Waals surface area contributed by atoms with Gasteiger partial charge in [0.05, 0.1) is 5.25 Å². The predicted molar refractivity (Wildman–Crippen MR) is 85.6 cm³/mol. The van der Waals surface area contributed by atoms with Gasteiger partial charge in [-0.25, -0.2) is 12.7 Å². The molecule has 0 amide bonds. The van der Waals surface area contributed by atoms with Gasteiger partial charge in [0, 0.05) is 25.2 Å². The molecule has 0 bridgehead atoms. The molecule has 4 nitrogen and oxygen atoms in total.